The maximum atomic E-state index is 11.4. The van der Waals surface area contributed by atoms with E-state index in [1.807, 2.05) is 36.4 Å². The third-order valence-corrected chi connectivity index (χ3v) is 3.86. The van der Waals surface area contributed by atoms with Gasteiger partial charge in [0.25, 0.3) is 0 Å². The molecule has 2 aromatic carbocycles. The Balaban J connectivity index is 2.02. The van der Waals surface area contributed by atoms with Gasteiger partial charge >= 0.3 is 0 Å². The summed E-state index contributed by atoms with van der Waals surface area (Å²) in [5.41, 5.74) is 2.77. The summed E-state index contributed by atoms with van der Waals surface area (Å²) in [5.74, 6) is 0. The van der Waals surface area contributed by atoms with Gasteiger partial charge in [0.2, 0.25) is 6.04 Å². The summed E-state index contributed by atoms with van der Waals surface area (Å²) in [6, 6.07) is 13.9. The van der Waals surface area contributed by atoms with E-state index in [9.17, 15) is 10.1 Å². The highest BCUT2D eigenvalue weighted by atomic mass is 35.5. The molecule has 0 unspecified atom stereocenters. The first-order valence-electron chi connectivity index (χ1n) is 6.38. The van der Waals surface area contributed by atoms with Crippen LogP contribution in [0.5, 0.6) is 0 Å². The lowest BCUT2D eigenvalue weighted by Gasteiger charge is -2.30. The number of hydrogen-bond donors (Lipinski definition) is 1. The van der Waals surface area contributed by atoms with Crippen molar-refractivity contribution in [3.05, 3.63) is 74.8 Å². The van der Waals surface area contributed by atoms with E-state index >= 15 is 0 Å². The van der Waals surface area contributed by atoms with Crippen LogP contribution in [-0.4, -0.2) is 11.0 Å². The van der Waals surface area contributed by atoms with Crippen molar-refractivity contribution in [2.45, 2.75) is 18.5 Å². The number of benzene rings is 2. The maximum absolute atomic E-state index is 11.4. The van der Waals surface area contributed by atoms with Crippen molar-refractivity contribution in [1.29, 1.82) is 0 Å². The number of halogens is 1. The molecule has 0 radical (unpaired) electrons. The van der Waals surface area contributed by atoms with E-state index in [0.717, 1.165) is 16.8 Å². The molecule has 0 spiro atoms. The summed E-state index contributed by atoms with van der Waals surface area (Å²) < 4.78 is 0. The highest BCUT2D eigenvalue weighted by molar-refractivity contribution is 6.30. The van der Waals surface area contributed by atoms with Crippen LogP contribution < -0.4 is 5.32 Å². The smallest absolute Gasteiger partial charge is 0.241 e. The number of nitrogens with zero attached hydrogens (tertiary/aromatic N) is 1. The third kappa shape index (κ3) is 2.34. The van der Waals surface area contributed by atoms with Gasteiger partial charge in [-0.2, -0.15) is 0 Å². The Kier molecular flexibility index (Phi) is 3.32. The average molecular weight is 289 g/mol. The summed E-state index contributed by atoms with van der Waals surface area (Å²) >= 11 is 5.99. The second kappa shape index (κ2) is 5.13. The Hall–Kier alpha value is -2.07. The monoisotopic (exact) mass is 288 g/mol. The lowest BCUT2D eigenvalue weighted by molar-refractivity contribution is -0.525. The highest BCUT2D eigenvalue weighted by Gasteiger charge is 2.37. The van der Waals surface area contributed by atoms with E-state index in [1.165, 1.54) is 0 Å². The van der Waals surface area contributed by atoms with Crippen LogP contribution in [0.3, 0.4) is 0 Å². The molecule has 2 aromatic rings. The quantitative estimate of drug-likeness (QED) is 0.677. The van der Waals surface area contributed by atoms with E-state index in [4.69, 9.17) is 11.6 Å². The van der Waals surface area contributed by atoms with Crippen molar-refractivity contribution in [1.82, 2.24) is 0 Å². The molecule has 0 amide bonds. The Morgan fingerprint density at radius 3 is 2.75 bits per heavy atom. The molecule has 20 heavy (non-hydrogen) atoms. The van der Waals surface area contributed by atoms with Crippen molar-refractivity contribution in [2.24, 2.45) is 0 Å². The van der Waals surface area contributed by atoms with Gasteiger partial charge in [0.1, 0.15) is 6.04 Å². The van der Waals surface area contributed by atoms with E-state index in [2.05, 4.69) is 5.32 Å². The molecule has 3 rings (SSSR count). The first-order chi connectivity index (χ1) is 9.65. The third-order valence-electron chi connectivity index (χ3n) is 3.62. The molecule has 1 heterocycles. The van der Waals surface area contributed by atoms with Crippen LogP contribution in [0.1, 0.15) is 17.2 Å². The topological polar surface area (TPSA) is 55.2 Å². The van der Waals surface area contributed by atoms with Crippen LogP contribution in [0.15, 0.2) is 48.5 Å². The van der Waals surface area contributed by atoms with E-state index in [1.54, 1.807) is 12.1 Å². The molecule has 0 fully saturated rings. The first-order valence-corrected chi connectivity index (χ1v) is 6.76. The normalized spacial score (nSPS) is 20.9. The predicted octanol–water partition coefficient (Wildman–Crippen LogP) is 3.69. The molecule has 5 heteroatoms. The number of nitro groups is 1. The van der Waals surface area contributed by atoms with Gasteiger partial charge in [0, 0.05) is 22.1 Å². The fraction of sp³-hybridized carbons (Fsp3) is 0.200. The summed E-state index contributed by atoms with van der Waals surface area (Å²) in [6.07, 6.45) is 0.424. The minimum atomic E-state index is -0.691. The molecule has 2 atom stereocenters. The number of para-hydroxylation sites is 1. The van der Waals surface area contributed by atoms with Gasteiger partial charge < -0.3 is 5.32 Å². The maximum Gasteiger partial charge on any atom is 0.241 e. The first kappa shape index (κ1) is 12.9. The number of nitrogens with one attached hydrogen (secondary N) is 1. The molecule has 4 nitrogen and oxygen atoms in total. The zero-order chi connectivity index (χ0) is 14.1. The number of fused-ring (bicyclic) bond motifs is 1. The van der Waals surface area contributed by atoms with Crippen LogP contribution in [0.25, 0.3) is 0 Å². The van der Waals surface area contributed by atoms with Gasteiger partial charge in [-0.25, -0.2) is 0 Å². The van der Waals surface area contributed by atoms with Gasteiger partial charge in [-0.05, 0) is 29.3 Å². The minimum Gasteiger partial charge on any atom is -0.372 e. The Labute approximate surface area is 121 Å². The van der Waals surface area contributed by atoms with Crippen molar-refractivity contribution < 1.29 is 4.92 Å². The fourth-order valence-electron chi connectivity index (χ4n) is 2.65. The van der Waals surface area contributed by atoms with Crippen molar-refractivity contribution >= 4 is 17.3 Å². The summed E-state index contributed by atoms with van der Waals surface area (Å²) in [6.45, 7) is 0. The van der Waals surface area contributed by atoms with Gasteiger partial charge in [-0.15, -0.1) is 0 Å². The Morgan fingerprint density at radius 2 is 2.00 bits per heavy atom. The molecular weight excluding hydrogens is 276 g/mol. The van der Waals surface area contributed by atoms with Gasteiger partial charge in [-0.3, -0.25) is 10.1 Å². The van der Waals surface area contributed by atoms with Crippen molar-refractivity contribution in [3.63, 3.8) is 0 Å². The molecule has 102 valence electrons. The molecule has 0 aliphatic carbocycles. The van der Waals surface area contributed by atoms with Crippen molar-refractivity contribution in [2.75, 3.05) is 5.32 Å². The molecule has 1 aliphatic heterocycles. The molecule has 0 bridgehead atoms. The molecule has 0 saturated carbocycles. The standard InChI is InChI=1S/C15H13ClN2O2/c16-12-6-3-5-11(8-12)15-14(18(19)20)9-10-4-1-2-7-13(10)17-15/h1-8,14-15,17H,9H2/t14-,15+/m0/s1. The van der Waals surface area contributed by atoms with Gasteiger partial charge in [0.15, 0.2) is 0 Å². The van der Waals surface area contributed by atoms with Crippen molar-refractivity contribution in [3.8, 4) is 0 Å². The minimum absolute atomic E-state index is 0.214. The van der Waals surface area contributed by atoms with Gasteiger partial charge in [-0.1, -0.05) is 41.9 Å². The second-order valence-corrected chi connectivity index (χ2v) is 5.33. The lowest BCUT2D eigenvalue weighted by Crippen LogP contribution is -2.38. The fourth-order valence-corrected chi connectivity index (χ4v) is 2.85. The average Bonchev–Trinajstić information content (AvgIpc) is 2.46. The van der Waals surface area contributed by atoms with E-state index < -0.39 is 6.04 Å². The Morgan fingerprint density at radius 1 is 1.20 bits per heavy atom. The summed E-state index contributed by atoms with van der Waals surface area (Å²) in [5, 5.41) is 15.2. The number of hydrogen-bond acceptors (Lipinski definition) is 3. The summed E-state index contributed by atoms with van der Waals surface area (Å²) in [4.78, 5) is 11.2. The number of anilines is 1. The molecular formula is C15H13ClN2O2. The molecule has 0 saturated heterocycles. The van der Waals surface area contributed by atoms with Crippen LogP contribution in [0.2, 0.25) is 5.02 Å². The van der Waals surface area contributed by atoms with Crippen LogP contribution in [0.4, 0.5) is 5.69 Å². The zero-order valence-corrected chi connectivity index (χ0v) is 11.4. The SMILES string of the molecule is O=[N+]([O-])[C@H]1Cc2ccccc2N[C@@H]1c1cccc(Cl)c1. The number of rotatable bonds is 2. The van der Waals surface area contributed by atoms with Gasteiger partial charge in [0.05, 0.1) is 0 Å². The highest BCUT2D eigenvalue weighted by Crippen LogP contribution is 2.34. The van der Waals surface area contributed by atoms with Crippen LogP contribution >= 0.6 is 11.6 Å². The Bertz CT molecular complexity index is 660. The van der Waals surface area contributed by atoms with Crippen LogP contribution in [0, 0.1) is 10.1 Å². The zero-order valence-electron chi connectivity index (χ0n) is 10.6. The summed E-state index contributed by atoms with van der Waals surface area (Å²) in [7, 11) is 0. The molecule has 1 N–H and O–H groups in total. The molecule has 0 aromatic heterocycles. The second-order valence-electron chi connectivity index (χ2n) is 4.89. The van der Waals surface area contributed by atoms with E-state index in [0.29, 0.717) is 11.4 Å². The largest absolute Gasteiger partial charge is 0.372 e. The predicted molar refractivity (Wildman–Crippen MR) is 78.7 cm³/mol. The molecule has 1 aliphatic rings. The lowest BCUT2D eigenvalue weighted by atomic mass is 9.89. The van der Waals surface area contributed by atoms with E-state index in [-0.39, 0.29) is 11.0 Å². The van der Waals surface area contributed by atoms with Crippen LogP contribution in [-0.2, 0) is 6.42 Å².